The van der Waals surface area contributed by atoms with E-state index in [9.17, 15) is 15.3 Å². The van der Waals surface area contributed by atoms with Gasteiger partial charge in [-0.1, -0.05) is 0 Å². The van der Waals surface area contributed by atoms with E-state index >= 15 is 0 Å². The zero-order chi connectivity index (χ0) is 28.2. The highest BCUT2D eigenvalue weighted by Gasteiger charge is 2.39. The zero-order valence-electron chi connectivity index (χ0n) is 23.8. The van der Waals surface area contributed by atoms with E-state index in [-0.39, 0.29) is 32.5 Å². The molecule has 0 aliphatic carbocycles. The lowest BCUT2D eigenvalue weighted by atomic mass is 10.0. The van der Waals surface area contributed by atoms with Crippen molar-refractivity contribution in [1.29, 1.82) is 0 Å². The summed E-state index contributed by atoms with van der Waals surface area (Å²) >= 11 is 1.72. The molecule has 0 atom stereocenters. The van der Waals surface area contributed by atoms with E-state index in [1.165, 1.54) is 0 Å². The van der Waals surface area contributed by atoms with Gasteiger partial charge in [-0.2, -0.15) is 15.0 Å². The first-order valence-electron chi connectivity index (χ1n) is 13.5. The smallest absolute Gasteiger partial charge is 0.396 e. The third-order valence-electron chi connectivity index (χ3n) is 5.66. The van der Waals surface area contributed by atoms with E-state index in [1.807, 2.05) is 37.5 Å². The molecular formula is C24H49N5O7SSi. The van der Waals surface area contributed by atoms with Crippen LogP contribution in [0.4, 0.5) is 11.9 Å². The first-order chi connectivity index (χ1) is 18.5. The SMILES string of the molecule is CCO[Si](CCCSCN(COC)c1nc(C(CCO)CCO)nc(N(CC)CCO)n1)(OCC)OCC. The van der Waals surface area contributed by atoms with Crippen LogP contribution in [0.1, 0.15) is 58.7 Å². The van der Waals surface area contributed by atoms with Gasteiger partial charge in [-0.25, -0.2) is 0 Å². The number of thioether (sulfide) groups is 1. The number of methoxy groups -OCH3 is 1. The van der Waals surface area contributed by atoms with Crippen LogP contribution in [0, 0.1) is 0 Å². The fourth-order valence-corrected chi connectivity index (χ4v) is 7.70. The molecule has 222 valence electrons. The van der Waals surface area contributed by atoms with Crippen LogP contribution in [-0.4, -0.2) is 117 Å². The maximum absolute atomic E-state index is 9.57. The molecule has 0 aliphatic rings. The first kappa shape index (κ1) is 34.9. The number of hydrogen-bond donors (Lipinski definition) is 3. The van der Waals surface area contributed by atoms with Crippen molar-refractivity contribution >= 4 is 32.5 Å². The van der Waals surface area contributed by atoms with Gasteiger partial charge < -0.3 is 43.1 Å². The Hall–Kier alpha value is -1.10. The fraction of sp³-hybridized carbons (Fsp3) is 0.875. The highest BCUT2D eigenvalue weighted by molar-refractivity contribution is 7.99. The molecule has 14 heteroatoms. The quantitative estimate of drug-likeness (QED) is 0.0935. The molecule has 12 nitrogen and oxygen atoms in total. The van der Waals surface area contributed by atoms with Gasteiger partial charge in [0.15, 0.2) is 0 Å². The number of hydrogen-bond acceptors (Lipinski definition) is 13. The summed E-state index contributed by atoms with van der Waals surface area (Å²) in [7, 11) is -1.05. The van der Waals surface area contributed by atoms with E-state index in [4.69, 9.17) is 28.0 Å². The second kappa shape index (κ2) is 20.8. The van der Waals surface area contributed by atoms with Crippen molar-refractivity contribution in [2.45, 2.75) is 58.9 Å². The van der Waals surface area contributed by atoms with Gasteiger partial charge in [-0.3, -0.25) is 0 Å². The van der Waals surface area contributed by atoms with Gasteiger partial charge in [-0.15, -0.1) is 11.8 Å². The van der Waals surface area contributed by atoms with Gasteiger partial charge in [0, 0.05) is 65.2 Å². The number of aliphatic hydroxyl groups is 3. The molecule has 0 radical (unpaired) electrons. The number of nitrogens with zero attached hydrogens (tertiary/aromatic N) is 5. The van der Waals surface area contributed by atoms with E-state index in [2.05, 4.69) is 4.98 Å². The Morgan fingerprint density at radius 1 is 0.842 bits per heavy atom. The second-order valence-corrected chi connectivity index (χ2v) is 12.2. The van der Waals surface area contributed by atoms with Crippen molar-refractivity contribution in [2.75, 3.05) is 88.0 Å². The first-order valence-corrected chi connectivity index (χ1v) is 16.6. The minimum Gasteiger partial charge on any atom is -0.396 e. The summed E-state index contributed by atoms with van der Waals surface area (Å²) in [4.78, 5) is 17.9. The molecule has 1 heterocycles. The summed E-state index contributed by atoms with van der Waals surface area (Å²) in [6, 6.07) is 0.746. The highest BCUT2D eigenvalue weighted by Crippen LogP contribution is 2.25. The van der Waals surface area contributed by atoms with Crippen molar-refractivity contribution < 1.29 is 33.3 Å². The maximum Gasteiger partial charge on any atom is 0.500 e. The van der Waals surface area contributed by atoms with Gasteiger partial charge in [-0.05, 0) is 52.7 Å². The number of rotatable bonds is 24. The topological polar surface area (TPSA) is 143 Å². The Morgan fingerprint density at radius 3 is 1.89 bits per heavy atom. The van der Waals surface area contributed by atoms with Crippen molar-refractivity contribution in [3.8, 4) is 0 Å². The van der Waals surface area contributed by atoms with Crippen molar-refractivity contribution in [3.05, 3.63) is 5.82 Å². The van der Waals surface area contributed by atoms with Crippen molar-refractivity contribution in [1.82, 2.24) is 15.0 Å². The average Bonchev–Trinajstić information content (AvgIpc) is 2.91. The molecule has 38 heavy (non-hydrogen) atoms. The molecule has 0 unspecified atom stereocenters. The van der Waals surface area contributed by atoms with Crippen molar-refractivity contribution in [3.63, 3.8) is 0 Å². The van der Waals surface area contributed by atoms with Crippen LogP contribution in [-0.2, 0) is 18.0 Å². The number of anilines is 2. The van der Waals surface area contributed by atoms with Crippen LogP contribution >= 0.6 is 11.8 Å². The van der Waals surface area contributed by atoms with Crippen LogP contribution in [0.25, 0.3) is 0 Å². The molecule has 0 saturated heterocycles. The molecule has 0 saturated carbocycles. The Balaban J connectivity index is 3.08. The highest BCUT2D eigenvalue weighted by atomic mass is 32.2. The summed E-state index contributed by atoms with van der Waals surface area (Å²) in [6.07, 6.45) is 1.74. The Kier molecular flexibility index (Phi) is 19.1. The van der Waals surface area contributed by atoms with Gasteiger partial charge in [0.1, 0.15) is 12.6 Å². The molecule has 0 spiro atoms. The molecule has 1 aromatic rings. The lowest BCUT2D eigenvalue weighted by Crippen LogP contribution is -2.46. The maximum atomic E-state index is 9.57. The standard InChI is InChI=1S/C24H49N5O7SSi/c1-6-28(13-16-32)23-25-22(21(11-14-30)12-15-31)26-24(27-23)29(19-33-5)20-37-17-10-18-38(34-7-2,35-8-3)36-9-4/h21,30-32H,6-20H2,1-5H3. The molecule has 0 amide bonds. The normalized spacial score (nSPS) is 11.9. The Bertz CT molecular complexity index is 720. The molecule has 3 N–H and O–H groups in total. The predicted molar refractivity (Wildman–Crippen MR) is 153 cm³/mol. The fourth-order valence-electron chi connectivity index (χ4n) is 3.94. The summed E-state index contributed by atoms with van der Waals surface area (Å²) in [6.45, 7) is 10.7. The molecule has 1 rings (SSSR count). The zero-order valence-corrected chi connectivity index (χ0v) is 25.6. The number of ether oxygens (including phenoxy) is 1. The molecule has 0 fully saturated rings. The van der Waals surface area contributed by atoms with Crippen LogP contribution < -0.4 is 9.80 Å². The van der Waals surface area contributed by atoms with Crippen LogP contribution in [0.15, 0.2) is 0 Å². The van der Waals surface area contributed by atoms with Crippen LogP contribution in [0.2, 0.25) is 6.04 Å². The second-order valence-electron chi connectivity index (χ2n) is 8.40. The average molecular weight is 580 g/mol. The predicted octanol–water partition coefficient (Wildman–Crippen LogP) is 2.08. The summed E-state index contributed by atoms with van der Waals surface area (Å²) in [5.41, 5.74) is 0. The summed E-state index contributed by atoms with van der Waals surface area (Å²) < 4.78 is 23.3. The largest absolute Gasteiger partial charge is 0.500 e. The molecule has 0 aliphatic heterocycles. The molecule has 1 aromatic heterocycles. The monoisotopic (exact) mass is 579 g/mol. The third kappa shape index (κ3) is 12.0. The van der Waals surface area contributed by atoms with E-state index in [1.54, 1.807) is 18.9 Å². The Morgan fingerprint density at radius 2 is 1.42 bits per heavy atom. The van der Waals surface area contributed by atoms with Gasteiger partial charge in [0.2, 0.25) is 11.9 Å². The lowest BCUT2D eigenvalue weighted by Gasteiger charge is -2.28. The third-order valence-corrected chi connectivity index (χ3v) is 9.89. The Labute approximate surface area is 233 Å². The van der Waals surface area contributed by atoms with E-state index in [0.717, 1.165) is 18.2 Å². The number of aromatic nitrogens is 3. The van der Waals surface area contributed by atoms with Crippen LogP contribution in [0.3, 0.4) is 0 Å². The molecule has 0 bridgehead atoms. The summed E-state index contributed by atoms with van der Waals surface area (Å²) in [5, 5.41) is 28.7. The van der Waals surface area contributed by atoms with Gasteiger partial charge in [0.25, 0.3) is 0 Å². The number of aliphatic hydroxyl groups excluding tert-OH is 3. The minimum absolute atomic E-state index is 0.0332. The van der Waals surface area contributed by atoms with Crippen LogP contribution in [0.5, 0.6) is 0 Å². The van der Waals surface area contributed by atoms with E-state index < -0.39 is 8.80 Å². The summed E-state index contributed by atoms with van der Waals surface area (Å²) in [5.74, 6) is 2.64. The van der Waals surface area contributed by atoms with Crippen molar-refractivity contribution in [2.24, 2.45) is 0 Å². The molecular weight excluding hydrogens is 530 g/mol. The molecule has 0 aromatic carbocycles. The lowest BCUT2D eigenvalue weighted by molar-refractivity contribution is 0.0712. The van der Waals surface area contributed by atoms with Gasteiger partial charge >= 0.3 is 8.80 Å². The van der Waals surface area contributed by atoms with E-state index in [0.29, 0.717) is 69.3 Å². The van der Waals surface area contributed by atoms with Gasteiger partial charge in [0.05, 0.1) is 12.5 Å². The number of likely N-dealkylation sites (N-methyl/N-ethyl adjacent to an activating group) is 1. The minimum atomic E-state index is -2.67.